The Morgan fingerprint density at radius 1 is 0.844 bits per heavy atom. The first-order valence-electron chi connectivity index (χ1n) is 9.86. The first kappa shape index (κ1) is 21.4. The molecule has 0 spiro atoms. The van der Waals surface area contributed by atoms with Gasteiger partial charge in [-0.3, -0.25) is 9.59 Å². The van der Waals surface area contributed by atoms with E-state index in [0.29, 0.717) is 22.3 Å². The molecule has 0 bridgehead atoms. The largest absolute Gasteiger partial charge is 0.471 e. The molecule has 0 radical (unpaired) electrons. The Bertz CT molecular complexity index is 1370. The Balaban J connectivity index is 1.95. The molecule has 0 aliphatic rings. The Morgan fingerprint density at radius 3 is 1.97 bits per heavy atom. The minimum Gasteiger partial charge on any atom is -0.354 e. The summed E-state index contributed by atoms with van der Waals surface area (Å²) in [5.74, 6) is -2.09. The number of aromatic nitrogens is 1. The van der Waals surface area contributed by atoms with Gasteiger partial charge < -0.3 is 10.3 Å². The molecule has 7 heteroatoms. The lowest BCUT2D eigenvalue weighted by atomic mass is 9.95. The molecule has 2 N–H and O–H groups in total. The summed E-state index contributed by atoms with van der Waals surface area (Å²) in [4.78, 5) is 28.1. The SMILES string of the molecule is Cc1ccc(-c2[nH]c3ccc(NC(=O)C(F)(F)F)cc3c(=O)c2-c2ccc(C)cc2)cc1. The van der Waals surface area contributed by atoms with E-state index in [0.717, 1.165) is 16.7 Å². The van der Waals surface area contributed by atoms with Crippen molar-refractivity contribution < 1.29 is 18.0 Å². The van der Waals surface area contributed by atoms with Crippen molar-refractivity contribution in [3.05, 3.63) is 88.1 Å². The molecule has 1 aromatic heterocycles. The highest BCUT2D eigenvalue weighted by molar-refractivity contribution is 5.98. The molecule has 0 unspecified atom stereocenters. The number of carbonyl (C=O) groups is 1. The maximum atomic E-state index is 13.6. The molecule has 0 saturated heterocycles. The molecule has 4 aromatic rings. The van der Waals surface area contributed by atoms with Gasteiger partial charge in [-0.15, -0.1) is 0 Å². The van der Waals surface area contributed by atoms with E-state index in [9.17, 15) is 22.8 Å². The predicted molar refractivity (Wildman–Crippen MR) is 120 cm³/mol. The highest BCUT2D eigenvalue weighted by atomic mass is 19.4. The number of aryl methyl sites for hydroxylation is 2. The van der Waals surface area contributed by atoms with Crippen molar-refractivity contribution in [2.24, 2.45) is 0 Å². The van der Waals surface area contributed by atoms with Crippen LogP contribution in [0.3, 0.4) is 0 Å². The first-order chi connectivity index (χ1) is 15.1. The zero-order valence-electron chi connectivity index (χ0n) is 17.3. The number of carbonyl (C=O) groups excluding carboxylic acids is 1. The number of anilines is 1. The van der Waals surface area contributed by atoms with E-state index in [1.165, 1.54) is 18.2 Å². The van der Waals surface area contributed by atoms with E-state index in [1.54, 1.807) is 5.32 Å². The van der Waals surface area contributed by atoms with Crippen LogP contribution in [0, 0.1) is 13.8 Å². The quantitative estimate of drug-likeness (QED) is 0.415. The topological polar surface area (TPSA) is 62.0 Å². The summed E-state index contributed by atoms with van der Waals surface area (Å²) >= 11 is 0. The van der Waals surface area contributed by atoms with Gasteiger partial charge in [-0.1, -0.05) is 59.7 Å². The summed E-state index contributed by atoms with van der Waals surface area (Å²) in [5, 5.41) is 1.98. The molecule has 1 heterocycles. The minimum atomic E-state index is -5.02. The van der Waals surface area contributed by atoms with E-state index in [4.69, 9.17) is 0 Å². The summed E-state index contributed by atoms with van der Waals surface area (Å²) in [7, 11) is 0. The summed E-state index contributed by atoms with van der Waals surface area (Å²) in [6.45, 7) is 3.90. The van der Waals surface area contributed by atoms with Gasteiger partial charge in [0, 0.05) is 16.6 Å². The fraction of sp³-hybridized carbons (Fsp3) is 0.120. The van der Waals surface area contributed by atoms with Gasteiger partial charge in [0.25, 0.3) is 0 Å². The predicted octanol–water partition coefficient (Wildman–Crippen LogP) is 5.98. The second kappa shape index (κ2) is 8.00. The molecule has 3 aromatic carbocycles. The van der Waals surface area contributed by atoms with E-state index < -0.39 is 12.1 Å². The molecule has 162 valence electrons. The van der Waals surface area contributed by atoms with Crippen molar-refractivity contribution in [1.29, 1.82) is 0 Å². The Labute approximate surface area is 181 Å². The van der Waals surface area contributed by atoms with Crippen molar-refractivity contribution in [3.8, 4) is 22.4 Å². The molecular formula is C25H19F3N2O2. The number of hydrogen-bond acceptors (Lipinski definition) is 2. The zero-order valence-corrected chi connectivity index (χ0v) is 17.3. The van der Waals surface area contributed by atoms with Gasteiger partial charge in [0.2, 0.25) is 0 Å². The van der Waals surface area contributed by atoms with Gasteiger partial charge in [0.05, 0.1) is 11.3 Å². The van der Waals surface area contributed by atoms with Gasteiger partial charge in [0.15, 0.2) is 5.43 Å². The molecule has 0 saturated carbocycles. The van der Waals surface area contributed by atoms with Crippen LogP contribution in [-0.2, 0) is 4.79 Å². The minimum absolute atomic E-state index is 0.108. The molecule has 4 nitrogen and oxygen atoms in total. The van der Waals surface area contributed by atoms with Crippen LogP contribution in [0.4, 0.5) is 18.9 Å². The van der Waals surface area contributed by atoms with Gasteiger partial charge >= 0.3 is 12.1 Å². The molecule has 0 fully saturated rings. The molecule has 4 rings (SSSR count). The number of amides is 1. The summed E-state index contributed by atoms with van der Waals surface area (Å²) < 4.78 is 37.9. The fourth-order valence-corrected chi connectivity index (χ4v) is 3.50. The van der Waals surface area contributed by atoms with Crippen molar-refractivity contribution in [3.63, 3.8) is 0 Å². The number of hydrogen-bond donors (Lipinski definition) is 2. The molecule has 0 aliphatic carbocycles. The standard InChI is InChI=1S/C25H19F3N2O2/c1-14-3-7-16(8-4-14)21-22(17-9-5-15(2)6-10-17)30-20-12-11-18(13-19(20)23(21)31)29-24(32)25(26,27)28/h3-13H,1-2H3,(H,29,32)(H,30,31). The fourth-order valence-electron chi connectivity index (χ4n) is 3.50. The number of nitrogens with one attached hydrogen (secondary N) is 2. The first-order valence-corrected chi connectivity index (χ1v) is 9.86. The van der Waals surface area contributed by atoms with E-state index >= 15 is 0 Å². The lowest BCUT2D eigenvalue weighted by molar-refractivity contribution is -0.167. The summed E-state index contributed by atoms with van der Waals surface area (Å²) in [6.07, 6.45) is -5.02. The number of halogens is 3. The average Bonchev–Trinajstić information content (AvgIpc) is 2.75. The third kappa shape index (κ3) is 4.14. The van der Waals surface area contributed by atoms with Crippen LogP contribution >= 0.6 is 0 Å². The van der Waals surface area contributed by atoms with Crippen LogP contribution in [0.15, 0.2) is 71.5 Å². The number of aromatic amines is 1. The van der Waals surface area contributed by atoms with Gasteiger partial charge in [-0.2, -0.15) is 13.2 Å². The van der Waals surface area contributed by atoms with Crippen molar-refractivity contribution in [2.45, 2.75) is 20.0 Å². The third-order valence-corrected chi connectivity index (χ3v) is 5.20. The third-order valence-electron chi connectivity index (χ3n) is 5.20. The van der Waals surface area contributed by atoms with Crippen LogP contribution < -0.4 is 10.7 Å². The number of pyridine rings is 1. The van der Waals surface area contributed by atoms with Gasteiger partial charge in [-0.25, -0.2) is 0 Å². The molecule has 1 amide bonds. The van der Waals surface area contributed by atoms with Crippen molar-refractivity contribution in [2.75, 3.05) is 5.32 Å². The smallest absolute Gasteiger partial charge is 0.354 e. The molecular weight excluding hydrogens is 417 g/mol. The number of fused-ring (bicyclic) bond motifs is 1. The van der Waals surface area contributed by atoms with Gasteiger partial charge in [0.1, 0.15) is 0 Å². The van der Waals surface area contributed by atoms with Crippen LogP contribution in [0.25, 0.3) is 33.3 Å². The van der Waals surface area contributed by atoms with Crippen LogP contribution in [0.1, 0.15) is 11.1 Å². The Hall–Kier alpha value is -3.87. The highest BCUT2D eigenvalue weighted by Gasteiger charge is 2.38. The molecule has 0 aliphatic heterocycles. The number of alkyl halides is 3. The van der Waals surface area contributed by atoms with Gasteiger partial charge in [-0.05, 0) is 43.2 Å². The lowest BCUT2D eigenvalue weighted by Gasteiger charge is -2.14. The monoisotopic (exact) mass is 436 g/mol. The van der Waals surface area contributed by atoms with Crippen LogP contribution in [-0.4, -0.2) is 17.1 Å². The van der Waals surface area contributed by atoms with Crippen LogP contribution in [0.5, 0.6) is 0 Å². The normalized spacial score (nSPS) is 11.5. The van der Waals surface area contributed by atoms with E-state index in [2.05, 4.69) is 4.98 Å². The number of H-pyrrole nitrogens is 1. The second-order valence-corrected chi connectivity index (χ2v) is 7.65. The molecule has 0 atom stereocenters. The van der Waals surface area contributed by atoms with Crippen molar-refractivity contribution >= 4 is 22.5 Å². The highest BCUT2D eigenvalue weighted by Crippen LogP contribution is 2.31. The Kier molecular flexibility index (Phi) is 5.34. The maximum absolute atomic E-state index is 13.6. The molecule has 32 heavy (non-hydrogen) atoms. The number of benzene rings is 3. The maximum Gasteiger partial charge on any atom is 0.471 e. The summed E-state index contributed by atoms with van der Waals surface area (Å²) in [6, 6.07) is 19.2. The van der Waals surface area contributed by atoms with Crippen LogP contribution in [0.2, 0.25) is 0 Å². The zero-order chi connectivity index (χ0) is 23.0. The Morgan fingerprint density at radius 2 is 1.41 bits per heavy atom. The van der Waals surface area contributed by atoms with E-state index in [1.807, 2.05) is 62.4 Å². The average molecular weight is 436 g/mol. The second-order valence-electron chi connectivity index (χ2n) is 7.65. The number of rotatable bonds is 3. The lowest BCUT2D eigenvalue weighted by Crippen LogP contribution is -2.29. The van der Waals surface area contributed by atoms with E-state index in [-0.39, 0.29) is 16.5 Å². The summed E-state index contributed by atoms with van der Waals surface area (Å²) in [5.41, 5.74) is 4.59. The van der Waals surface area contributed by atoms with Crippen molar-refractivity contribution in [1.82, 2.24) is 4.98 Å².